The zero-order valence-electron chi connectivity index (χ0n) is 15.2. The Morgan fingerprint density at radius 1 is 1.07 bits per heavy atom. The van der Waals surface area contributed by atoms with Gasteiger partial charge >= 0.3 is 5.51 Å². The number of amides is 1. The van der Waals surface area contributed by atoms with Crippen LogP contribution in [0, 0.1) is 0 Å². The summed E-state index contributed by atoms with van der Waals surface area (Å²) in [6, 6.07) is 15.0. The van der Waals surface area contributed by atoms with Crippen LogP contribution in [0.1, 0.15) is 22.0 Å². The maximum atomic E-state index is 12.7. The van der Waals surface area contributed by atoms with Gasteiger partial charge in [-0.05, 0) is 41.6 Å². The standard InChI is InChI=1S/C20H21F3N2O2S/c21-20(22,23)28-17-8-6-16(7-9-17)19(26)24-18(15-4-2-1-3-5-15)14-25-10-12-27-13-11-25/h1-9,18H,10-14H2,(H,24,26)/p+1/t18-/m1/s1. The molecule has 0 bridgehead atoms. The van der Waals surface area contributed by atoms with Crippen molar-refractivity contribution in [2.75, 3.05) is 32.8 Å². The van der Waals surface area contributed by atoms with Crippen LogP contribution in [0.4, 0.5) is 13.2 Å². The highest BCUT2D eigenvalue weighted by atomic mass is 32.2. The zero-order valence-corrected chi connectivity index (χ0v) is 16.0. The van der Waals surface area contributed by atoms with Crippen molar-refractivity contribution in [2.45, 2.75) is 16.4 Å². The molecule has 0 saturated carbocycles. The predicted molar refractivity (Wildman–Crippen MR) is 101 cm³/mol. The molecule has 0 aliphatic carbocycles. The Morgan fingerprint density at radius 3 is 2.32 bits per heavy atom. The lowest BCUT2D eigenvalue weighted by Gasteiger charge is -2.28. The van der Waals surface area contributed by atoms with Crippen LogP contribution in [0.15, 0.2) is 59.5 Å². The number of thioether (sulfide) groups is 1. The Balaban J connectivity index is 1.69. The smallest absolute Gasteiger partial charge is 0.370 e. The number of carbonyl (C=O) groups excluding carboxylic acids is 1. The number of nitrogens with one attached hydrogen (secondary N) is 2. The molecule has 1 aliphatic rings. The number of hydrogen-bond donors (Lipinski definition) is 2. The molecule has 150 valence electrons. The number of halogens is 3. The number of morpholine rings is 1. The Kier molecular flexibility index (Phi) is 6.98. The van der Waals surface area contributed by atoms with Crippen molar-refractivity contribution in [3.63, 3.8) is 0 Å². The Bertz CT molecular complexity index is 763. The van der Waals surface area contributed by atoms with Crippen molar-refractivity contribution < 1.29 is 27.6 Å². The van der Waals surface area contributed by atoms with Gasteiger partial charge in [0, 0.05) is 10.5 Å². The van der Waals surface area contributed by atoms with Gasteiger partial charge in [0.2, 0.25) is 0 Å². The molecule has 1 fully saturated rings. The molecule has 2 N–H and O–H groups in total. The van der Waals surface area contributed by atoms with Crippen LogP contribution in [0.3, 0.4) is 0 Å². The van der Waals surface area contributed by atoms with Gasteiger partial charge in [-0.25, -0.2) is 0 Å². The van der Waals surface area contributed by atoms with E-state index < -0.39 is 5.51 Å². The Morgan fingerprint density at radius 2 is 1.71 bits per heavy atom. The second kappa shape index (κ2) is 9.45. The third-order valence-corrected chi connectivity index (χ3v) is 5.29. The van der Waals surface area contributed by atoms with E-state index in [0.29, 0.717) is 18.8 Å². The number of benzene rings is 2. The number of quaternary nitrogens is 1. The molecule has 0 spiro atoms. The van der Waals surface area contributed by atoms with E-state index in [9.17, 15) is 18.0 Å². The van der Waals surface area contributed by atoms with Crippen LogP contribution in [0.25, 0.3) is 0 Å². The van der Waals surface area contributed by atoms with Crippen molar-refractivity contribution in [1.82, 2.24) is 5.32 Å². The third-order valence-electron chi connectivity index (χ3n) is 4.55. The van der Waals surface area contributed by atoms with E-state index in [1.807, 2.05) is 30.3 Å². The molecule has 1 heterocycles. The molecule has 1 saturated heterocycles. The number of rotatable bonds is 6. The van der Waals surface area contributed by atoms with Crippen LogP contribution in [0.2, 0.25) is 0 Å². The van der Waals surface area contributed by atoms with Gasteiger partial charge in [-0.3, -0.25) is 4.79 Å². The van der Waals surface area contributed by atoms with Crippen LogP contribution >= 0.6 is 11.8 Å². The first-order valence-corrected chi connectivity index (χ1v) is 9.85. The fourth-order valence-corrected chi connectivity index (χ4v) is 3.68. The second-order valence-electron chi connectivity index (χ2n) is 6.58. The van der Waals surface area contributed by atoms with Crippen molar-refractivity contribution >= 4 is 17.7 Å². The van der Waals surface area contributed by atoms with Crippen LogP contribution in [-0.4, -0.2) is 44.3 Å². The molecule has 0 aromatic heterocycles. The highest BCUT2D eigenvalue weighted by molar-refractivity contribution is 8.00. The molecular formula is C20H22F3N2O2S+. The summed E-state index contributed by atoms with van der Waals surface area (Å²) in [6.45, 7) is 3.87. The second-order valence-corrected chi connectivity index (χ2v) is 7.71. The summed E-state index contributed by atoms with van der Waals surface area (Å²) >= 11 is -0.192. The molecule has 4 nitrogen and oxygen atoms in total. The molecule has 1 atom stereocenters. The van der Waals surface area contributed by atoms with E-state index in [-0.39, 0.29) is 28.6 Å². The van der Waals surface area contributed by atoms with Crippen LogP contribution in [0.5, 0.6) is 0 Å². The Hall–Kier alpha value is -2.03. The fourth-order valence-electron chi connectivity index (χ4n) is 3.14. The molecule has 1 amide bonds. The number of carbonyl (C=O) groups is 1. The van der Waals surface area contributed by atoms with E-state index in [1.165, 1.54) is 29.2 Å². The first-order chi connectivity index (χ1) is 13.4. The van der Waals surface area contributed by atoms with Crippen LogP contribution in [-0.2, 0) is 4.74 Å². The van der Waals surface area contributed by atoms with Crippen molar-refractivity contribution in [3.8, 4) is 0 Å². The van der Waals surface area contributed by atoms with Gasteiger partial charge in [0.1, 0.15) is 25.7 Å². The largest absolute Gasteiger partial charge is 0.446 e. The van der Waals surface area contributed by atoms with Gasteiger partial charge < -0.3 is 15.0 Å². The van der Waals surface area contributed by atoms with Crippen LogP contribution < -0.4 is 10.2 Å². The summed E-state index contributed by atoms with van der Waals surface area (Å²) in [6.07, 6.45) is 0. The summed E-state index contributed by atoms with van der Waals surface area (Å²) in [5.41, 5.74) is -3.01. The minimum Gasteiger partial charge on any atom is -0.370 e. The highest BCUT2D eigenvalue weighted by Crippen LogP contribution is 2.36. The summed E-state index contributed by atoms with van der Waals surface area (Å²) in [7, 11) is 0. The van der Waals surface area contributed by atoms with E-state index >= 15 is 0 Å². The normalized spacial score (nSPS) is 16.5. The lowest BCUT2D eigenvalue weighted by atomic mass is 10.1. The summed E-state index contributed by atoms with van der Waals surface area (Å²) < 4.78 is 42.8. The van der Waals surface area contributed by atoms with Crippen molar-refractivity contribution in [1.29, 1.82) is 0 Å². The monoisotopic (exact) mass is 411 g/mol. The maximum Gasteiger partial charge on any atom is 0.446 e. The van der Waals surface area contributed by atoms with Gasteiger partial charge in [-0.1, -0.05) is 30.3 Å². The van der Waals surface area contributed by atoms with E-state index in [4.69, 9.17) is 4.74 Å². The zero-order chi connectivity index (χ0) is 20.0. The average molecular weight is 411 g/mol. The molecule has 2 aromatic carbocycles. The van der Waals surface area contributed by atoms with E-state index in [2.05, 4.69) is 5.32 Å². The quantitative estimate of drug-likeness (QED) is 0.719. The van der Waals surface area contributed by atoms with E-state index in [1.54, 1.807) is 0 Å². The number of hydrogen-bond acceptors (Lipinski definition) is 3. The van der Waals surface area contributed by atoms with Gasteiger partial charge in [0.15, 0.2) is 0 Å². The summed E-state index contributed by atoms with van der Waals surface area (Å²) in [5, 5.41) is 3.03. The SMILES string of the molecule is O=C(N[C@H](C[NH+]1CCOCC1)c1ccccc1)c1ccc(SC(F)(F)F)cc1. The molecule has 28 heavy (non-hydrogen) atoms. The topological polar surface area (TPSA) is 42.8 Å². The highest BCUT2D eigenvalue weighted by Gasteiger charge is 2.29. The predicted octanol–water partition coefficient (Wildman–Crippen LogP) is 2.68. The summed E-state index contributed by atoms with van der Waals surface area (Å²) in [5.74, 6) is -0.301. The average Bonchev–Trinajstić information content (AvgIpc) is 2.68. The van der Waals surface area contributed by atoms with Gasteiger partial charge in [-0.15, -0.1) is 0 Å². The third kappa shape index (κ3) is 6.25. The molecular weight excluding hydrogens is 389 g/mol. The maximum absolute atomic E-state index is 12.7. The molecule has 2 aromatic rings. The fraction of sp³-hybridized carbons (Fsp3) is 0.350. The number of alkyl halides is 3. The lowest BCUT2D eigenvalue weighted by Crippen LogP contribution is -3.14. The van der Waals surface area contributed by atoms with E-state index in [0.717, 1.165) is 25.2 Å². The van der Waals surface area contributed by atoms with Crippen molar-refractivity contribution in [3.05, 3.63) is 65.7 Å². The van der Waals surface area contributed by atoms with Crippen molar-refractivity contribution in [2.24, 2.45) is 0 Å². The number of ether oxygens (including phenoxy) is 1. The molecule has 1 aliphatic heterocycles. The van der Waals surface area contributed by atoms with Gasteiger partial charge in [0.05, 0.1) is 13.2 Å². The first-order valence-electron chi connectivity index (χ1n) is 9.03. The lowest BCUT2D eigenvalue weighted by molar-refractivity contribution is -0.909. The van der Waals surface area contributed by atoms with Gasteiger partial charge in [0.25, 0.3) is 5.91 Å². The minimum absolute atomic E-state index is 0.0569. The van der Waals surface area contributed by atoms with Gasteiger partial charge in [-0.2, -0.15) is 13.2 Å². The molecule has 3 rings (SSSR count). The summed E-state index contributed by atoms with van der Waals surface area (Å²) in [4.78, 5) is 14.1. The first kappa shape index (κ1) is 20.7. The molecule has 0 radical (unpaired) electrons. The molecule has 0 unspecified atom stereocenters. The Labute approximate surface area is 166 Å². The minimum atomic E-state index is -4.34. The molecule has 8 heteroatoms.